The van der Waals surface area contributed by atoms with Gasteiger partial charge in [0.1, 0.15) is 10.9 Å². The predicted octanol–water partition coefficient (Wildman–Crippen LogP) is 8.44. The van der Waals surface area contributed by atoms with E-state index < -0.39 is 22.0 Å². The number of amides is 3. The minimum Gasteiger partial charge on any atom is -0.325 e. The van der Waals surface area contributed by atoms with Crippen LogP contribution < -0.4 is 16.0 Å². The van der Waals surface area contributed by atoms with E-state index in [1.54, 1.807) is 91.9 Å². The molecule has 240 valence electrons. The molecule has 0 bridgehead atoms. The Morgan fingerprint density at radius 2 is 1.46 bits per heavy atom. The second kappa shape index (κ2) is 15.7. The van der Waals surface area contributed by atoms with Gasteiger partial charge in [0.25, 0.3) is 17.5 Å². The Kier molecular flexibility index (Phi) is 11.0. The van der Waals surface area contributed by atoms with Crippen molar-refractivity contribution in [3.05, 3.63) is 170 Å². The summed E-state index contributed by atoms with van der Waals surface area (Å²) in [5.74, 6) is -1.27. The third-order valence-electron chi connectivity index (χ3n) is 7.10. The van der Waals surface area contributed by atoms with Crippen molar-refractivity contribution in [3.8, 4) is 0 Å². The zero-order valence-corrected chi connectivity index (χ0v) is 27.1. The highest BCUT2D eigenvalue weighted by Crippen LogP contribution is 2.37. The normalized spacial score (nSPS) is 11.7. The van der Waals surface area contributed by atoms with Gasteiger partial charge < -0.3 is 16.0 Å². The van der Waals surface area contributed by atoms with E-state index in [1.165, 1.54) is 30.0 Å². The number of non-ortho nitro benzene ring substituents is 1. The molecule has 1 atom stereocenters. The highest BCUT2D eigenvalue weighted by molar-refractivity contribution is 8.00. The Bertz CT molecular complexity index is 1970. The molecule has 11 heteroatoms. The van der Waals surface area contributed by atoms with Gasteiger partial charge in [-0.2, -0.15) is 0 Å². The van der Waals surface area contributed by atoms with E-state index in [-0.39, 0.29) is 17.3 Å². The summed E-state index contributed by atoms with van der Waals surface area (Å²) in [6.07, 6.45) is 1.56. The van der Waals surface area contributed by atoms with Crippen LogP contribution in [0.1, 0.15) is 32.3 Å². The first-order valence-corrected chi connectivity index (χ1v) is 15.9. The van der Waals surface area contributed by atoms with Gasteiger partial charge in [-0.15, -0.1) is 11.8 Å². The van der Waals surface area contributed by atoms with Crippen LogP contribution >= 0.6 is 23.4 Å². The number of nitrogens with one attached hydrogen (secondary N) is 3. The van der Waals surface area contributed by atoms with Gasteiger partial charge in [-0.05, 0) is 84.3 Å². The number of hydrogen-bond acceptors (Lipinski definition) is 6. The Morgan fingerprint density at radius 1 is 0.812 bits per heavy atom. The Balaban J connectivity index is 1.33. The first kappa shape index (κ1) is 33.6. The van der Waals surface area contributed by atoms with E-state index in [2.05, 4.69) is 16.0 Å². The maximum absolute atomic E-state index is 13.6. The lowest BCUT2D eigenvalue weighted by atomic mass is 10.1. The molecule has 0 aliphatic carbocycles. The van der Waals surface area contributed by atoms with Gasteiger partial charge in [0.05, 0.1) is 4.92 Å². The molecule has 9 nitrogen and oxygen atoms in total. The standard InChI is InChI=1S/C37H29ClN4O5S/c1-24-22-30(42(46)47)18-21-32(24)40-37(45)34(26-8-4-2-5-9-26)48-31-19-16-29(17-20-31)39-36(44)33(23-25-12-14-28(38)15-13-25)41-35(43)27-10-6-3-7-11-27/h2-23,34H,1H3,(H,39,44)(H,40,45)(H,41,43)/b33-23-. The average Bonchev–Trinajstić information content (AvgIpc) is 3.10. The zero-order valence-electron chi connectivity index (χ0n) is 25.6. The van der Waals surface area contributed by atoms with Crippen LogP contribution in [0.2, 0.25) is 5.02 Å². The van der Waals surface area contributed by atoms with Crippen molar-refractivity contribution in [2.45, 2.75) is 17.1 Å². The minimum atomic E-state index is -0.650. The van der Waals surface area contributed by atoms with Crippen molar-refractivity contribution >= 4 is 64.2 Å². The summed E-state index contributed by atoms with van der Waals surface area (Å²) in [5, 5.41) is 19.5. The molecule has 0 radical (unpaired) electrons. The number of thioether (sulfide) groups is 1. The summed E-state index contributed by atoms with van der Waals surface area (Å²) >= 11 is 7.34. The molecule has 0 saturated heterocycles. The zero-order chi connectivity index (χ0) is 34.0. The lowest BCUT2D eigenvalue weighted by Gasteiger charge is -2.18. The number of nitro groups is 1. The molecule has 0 spiro atoms. The van der Waals surface area contributed by atoms with Gasteiger partial charge in [-0.1, -0.05) is 72.3 Å². The Hall–Kier alpha value is -5.71. The van der Waals surface area contributed by atoms with Gasteiger partial charge in [0.2, 0.25) is 5.91 Å². The van der Waals surface area contributed by atoms with Crippen molar-refractivity contribution in [2.24, 2.45) is 0 Å². The summed E-state index contributed by atoms with van der Waals surface area (Å²) < 4.78 is 0. The number of nitro benzene ring substituents is 1. The molecule has 0 fully saturated rings. The number of benzene rings is 5. The van der Waals surface area contributed by atoms with Gasteiger partial charge in [-0.25, -0.2) is 0 Å². The van der Waals surface area contributed by atoms with Crippen LogP contribution in [-0.2, 0) is 9.59 Å². The molecule has 5 aromatic carbocycles. The minimum absolute atomic E-state index is 0.0342. The summed E-state index contributed by atoms with van der Waals surface area (Å²) in [7, 11) is 0. The smallest absolute Gasteiger partial charge is 0.272 e. The molecule has 0 saturated carbocycles. The van der Waals surface area contributed by atoms with Gasteiger partial charge in [-0.3, -0.25) is 24.5 Å². The van der Waals surface area contributed by atoms with E-state index in [9.17, 15) is 24.5 Å². The van der Waals surface area contributed by atoms with E-state index >= 15 is 0 Å². The maximum Gasteiger partial charge on any atom is 0.272 e. The lowest BCUT2D eigenvalue weighted by molar-refractivity contribution is -0.384. The summed E-state index contributed by atoms with van der Waals surface area (Å²) in [6, 6.07) is 35.9. The largest absolute Gasteiger partial charge is 0.325 e. The van der Waals surface area contributed by atoms with Crippen LogP contribution in [0.4, 0.5) is 17.1 Å². The first-order chi connectivity index (χ1) is 23.2. The predicted molar refractivity (Wildman–Crippen MR) is 190 cm³/mol. The lowest BCUT2D eigenvalue weighted by Crippen LogP contribution is -2.30. The van der Waals surface area contributed by atoms with Gasteiger partial charge >= 0.3 is 0 Å². The molecule has 0 aromatic heterocycles. The van der Waals surface area contributed by atoms with Gasteiger partial charge in [0.15, 0.2) is 0 Å². The number of halogens is 1. The van der Waals surface area contributed by atoms with Gasteiger partial charge in [0, 0.05) is 39.0 Å². The number of rotatable bonds is 11. The number of carbonyl (C=O) groups is 3. The molecule has 5 aromatic rings. The molecule has 0 aliphatic heterocycles. The first-order valence-electron chi connectivity index (χ1n) is 14.7. The molecule has 3 amide bonds. The van der Waals surface area contributed by atoms with Crippen LogP contribution in [0.15, 0.2) is 138 Å². The molecule has 0 aliphatic rings. The molecule has 1 unspecified atom stereocenters. The summed E-state index contributed by atoms with van der Waals surface area (Å²) in [5.41, 5.74) is 3.33. The van der Waals surface area contributed by atoms with E-state index in [1.807, 2.05) is 30.3 Å². The van der Waals surface area contributed by atoms with Crippen molar-refractivity contribution in [1.82, 2.24) is 5.32 Å². The third-order valence-corrected chi connectivity index (χ3v) is 8.61. The monoisotopic (exact) mass is 676 g/mol. The fraction of sp³-hybridized carbons (Fsp3) is 0.0541. The number of hydrogen-bond donors (Lipinski definition) is 3. The number of nitrogens with zero attached hydrogens (tertiary/aromatic N) is 1. The Morgan fingerprint density at radius 3 is 2.08 bits per heavy atom. The quantitative estimate of drug-likeness (QED) is 0.0557. The molecule has 48 heavy (non-hydrogen) atoms. The second-order valence-corrected chi connectivity index (χ2v) is 12.2. The molecule has 3 N–H and O–H groups in total. The van der Waals surface area contributed by atoms with Crippen molar-refractivity contribution in [1.29, 1.82) is 0 Å². The SMILES string of the molecule is Cc1cc([N+](=O)[O-])ccc1NC(=O)C(Sc1ccc(NC(=O)/C(=C/c2ccc(Cl)cc2)NC(=O)c2ccccc2)cc1)c1ccccc1. The van der Waals surface area contributed by atoms with Crippen molar-refractivity contribution in [2.75, 3.05) is 10.6 Å². The van der Waals surface area contributed by atoms with Crippen LogP contribution in [0.3, 0.4) is 0 Å². The topological polar surface area (TPSA) is 130 Å². The molecular weight excluding hydrogens is 648 g/mol. The number of aryl methyl sites for hydroxylation is 1. The summed E-state index contributed by atoms with van der Waals surface area (Å²) in [4.78, 5) is 51.4. The van der Waals surface area contributed by atoms with Crippen molar-refractivity contribution in [3.63, 3.8) is 0 Å². The Labute approximate surface area is 286 Å². The van der Waals surface area contributed by atoms with Crippen molar-refractivity contribution < 1.29 is 19.3 Å². The molecule has 5 rings (SSSR count). The van der Waals surface area contributed by atoms with Crippen LogP contribution in [0.5, 0.6) is 0 Å². The highest BCUT2D eigenvalue weighted by atomic mass is 35.5. The fourth-order valence-electron chi connectivity index (χ4n) is 4.62. The van der Waals surface area contributed by atoms with E-state index in [0.717, 1.165) is 10.5 Å². The van der Waals surface area contributed by atoms with Crippen LogP contribution in [0, 0.1) is 17.0 Å². The van der Waals surface area contributed by atoms with E-state index in [0.29, 0.717) is 33.1 Å². The second-order valence-electron chi connectivity index (χ2n) is 10.6. The van der Waals surface area contributed by atoms with Crippen LogP contribution in [-0.4, -0.2) is 22.6 Å². The molecule has 0 heterocycles. The fourth-order valence-corrected chi connectivity index (χ4v) is 5.77. The number of carbonyl (C=O) groups excluding carboxylic acids is 3. The average molecular weight is 677 g/mol. The molecular formula is C37H29ClN4O5S. The number of anilines is 2. The summed E-state index contributed by atoms with van der Waals surface area (Å²) in [6.45, 7) is 1.70. The maximum atomic E-state index is 13.6. The highest BCUT2D eigenvalue weighted by Gasteiger charge is 2.23. The van der Waals surface area contributed by atoms with E-state index in [4.69, 9.17) is 11.6 Å². The third kappa shape index (κ3) is 8.97. The van der Waals surface area contributed by atoms with Crippen LogP contribution in [0.25, 0.3) is 6.08 Å².